The van der Waals surface area contributed by atoms with Crippen molar-refractivity contribution in [1.29, 1.82) is 0 Å². The molecule has 0 saturated heterocycles. The van der Waals surface area contributed by atoms with E-state index in [1.54, 1.807) is 12.1 Å². The van der Waals surface area contributed by atoms with Crippen molar-refractivity contribution in [3.05, 3.63) is 53.7 Å². The van der Waals surface area contributed by atoms with Gasteiger partial charge in [-0.2, -0.15) is 8.42 Å². The number of sulfonamides is 1. The minimum atomic E-state index is -4.07. The SMILES string of the molecule is CC(=O)NCCNC(=O)Cc1cccc(NS(=O)(=O)c2ccc(C(F)F)cn2)c1. The molecule has 1 aromatic heterocycles. The van der Waals surface area contributed by atoms with E-state index in [9.17, 15) is 26.8 Å². The Bertz CT molecular complexity index is 966. The number of alkyl halides is 2. The van der Waals surface area contributed by atoms with Gasteiger partial charge in [-0.1, -0.05) is 12.1 Å². The van der Waals surface area contributed by atoms with E-state index in [1.165, 1.54) is 19.1 Å². The molecule has 0 aliphatic rings. The van der Waals surface area contributed by atoms with Crippen LogP contribution in [0.3, 0.4) is 0 Å². The molecular formula is C18H20F2N4O4S. The summed E-state index contributed by atoms with van der Waals surface area (Å²) >= 11 is 0. The molecule has 1 aromatic carbocycles. The Morgan fingerprint density at radius 3 is 2.45 bits per heavy atom. The Balaban J connectivity index is 1.99. The number of aromatic nitrogens is 1. The molecule has 0 fully saturated rings. The standard InChI is InChI=1S/C18H20F2N4O4S/c1-12(25)21-7-8-22-16(26)10-13-3-2-4-15(9-13)24-29(27,28)17-6-5-14(11-23-17)18(19)20/h2-6,9,11,18,24H,7-8,10H2,1H3,(H,21,25)(H,22,26). The van der Waals surface area contributed by atoms with Gasteiger partial charge in [0.2, 0.25) is 11.8 Å². The van der Waals surface area contributed by atoms with E-state index < -0.39 is 21.5 Å². The van der Waals surface area contributed by atoms with Crippen LogP contribution in [0.15, 0.2) is 47.6 Å². The quantitative estimate of drug-likeness (QED) is 0.527. The lowest BCUT2D eigenvalue weighted by Crippen LogP contribution is -2.34. The first-order valence-electron chi connectivity index (χ1n) is 8.54. The van der Waals surface area contributed by atoms with Crippen LogP contribution < -0.4 is 15.4 Å². The molecule has 0 aliphatic carbocycles. The second kappa shape index (κ2) is 9.92. The highest BCUT2D eigenvalue weighted by Crippen LogP contribution is 2.20. The van der Waals surface area contributed by atoms with Crippen molar-refractivity contribution < 1.29 is 26.8 Å². The first kappa shape index (κ1) is 22.2. The van der Waals surface area contributed by atoms with Crippen LogP contribution in [0.4, 0.5) is 14.5 Å². The fourth-order valence-electron chi connectivity index (χ4n) is 2.32. The first-order chi connectivity index (χ1) is 13.7. The lowest BCUT2D eigenvalue weighted by Gasteiger charge is -2.10. The number of carbonyl (C=O) groups is 2. The molecule has 0 saturated carbocycles. The van der Waals surface area contributed by atoms with Gasteiger partial charge in [-0.15, -0.1) is 0 Å². The van der Waals surface area contributed by atoms with Gasteiger partial charge < -0.3 is 10.6 Å². The zero-order chi connectivity index (χ0) is 21.4. The third kappa shape index (κ3) is 7.11. The van der Waals surface area contributed by atoms with Gasteiger partial charge >= 0.3 is 0 Å². The summed E-state index contributed by atoms with van der Waals surface area (Å²) in [5, 5.41) is 4.78. The molecule has 1 heterocycles. The molecule has 0 aliphatic heterocycles. The molecular weight excluding hydrogens is 406 g/mol. The minimum absolute atomic E-state index is 0.0109. The minimum Gasteiger partial charge on any atom is -0.355 e. The molecule has 0 unspecified atom stereocenters. The van der Waals surface area contributed by atoms with Gasteiger partial charge in [0.15, 0.2) is 5.03 Å². The fraction of sp³-hybridized carbons (Fsp3) is 0.278. The molecule has 0 bridgehead atoms. The smallest absolute Gasteiger partial charge is 0.279 e. The van der Waals surface area contributed by atoms with Crippen molar-refractivity contribution in [3.63, 3.8) is 0 Å². The fourth-order valence-corrected chi connectivity index (χ4v) is 3.30. The van der Waals surface area contributed by atoms with Crippen molar-refractivity contribution in [3.8, 4) is 0 Å². The average Bonchev–Trinajstić information content (AvgIpc) is 2.65. The lowest BCUT2D eigenvalue weighted by molar-refractivity contribution is -0.121. The molecule has 2 rings (SSSR count). The van der Waals surface area contributed by atoms with Crippen molar-refractivity contribution in [2.24, 2.45) is 0 Å². The summed E-state index contributed by atoms with van der Waals surface area (Å²) < 4.78 is 52.2. The van der Waals surface area contributed by atoms with Crippen molar-refractivity contribution >= 4 is 27.5 Å². The van der Waals surface area contributed by atoms with Gasteiger partial charge in [0.25, 0.3) is 16.4 Å². The Labute approximate surface area is 166 Å². The number of carbonyl (C=O) groups excluding carboxylic acids is 2. The summed E-state index contributed by atoms with van der Waals surface area (Å²) in [5.74, 6) is -0.489. The molecule has 3 N–H and O–H groups in total. The maximum Gasteiger partial charge on any atom is 0.279 e. The third-order valence-electron chi connectivity index (χ3n) is 3.65. The second-order valence-electron chi connectivity index (χ2n) is 6.05. The predicted octanol–water partition coefficient (Wildman–Crippen LogP) is 1.61. The van der Waals surface area contributed by atoms with Gasteiger partial charge in [0.1, 0.15) is 0 Å². The number of halogens is 2. The third-order valence-corrected chi connectivity index (χ3v) is 4.95. The Morgan fingerprint density at radius 2 is 1.83 bits per heavy atom. The number of benzene rings is 1. The van der Waals surface area contributed by atoms with Crippen molar-refractivity contribution in [2.75, 3.05) is 17.8 Å². The van der Waals surface area contributed by atoms with Crippen LogP contribution in [-0.2, 0) is 26.0 Å². The lowest BCUT2D eigenvalue weighted by atomic mass is 10.1. The van der Waals surface area contributed by atoms with E-state index in [0.717, 1.165) is 18.3 Å². The van der Waals surface area contributed by atoms with Crippen LogP contribution in [-0.4, -0.2) is 38.3 Å². The number of nitrogens with zero attached hydrogens (tertiary/aromatic N) is 1. The number of hydrogen-bond donors (Lipinski definition) is 3. The Kier molecular flexibility index (Phi) is 7.59. The maximum absolute atomic E-state index is 12.6. The number of pyridine rings is 1. The van der Waals surface area contributed by atoms with Crippen LogP contribution in [0, 0.1) is 0 Å². The molecule has 29 heavy (non-hydrogen) atoms. The van der Waals surface area contributed by atoms with Gasteiger partial charge in [0.05, 0.1) is 6.42 Å². The van der Waals surface area contributed by atoms with Crippen LogP contribution in [0.1, 0.15) is 24.5 Å². The van der Waals surface area contributed by atoms with Crippen LogP contribution in [0.5, 0.6) is 0 Å². The van der Waals surface area contributed by atoms with E-state index in [2.05, 4.69) is 20.3 Å². The Morgan fingerprint density at radius 1 is 1.10 bits per heavy atom. The van der Waals surface area contributed by atoms with Crippen LogP contribution in [0.25, 0.3) is 0 Å². The first-order valence-corrected chi connectivity index (χ1v) is 10.0. The van der Waals surface area contributed by atoms with E-state index in [4.69, 9.17) is 0 Å². The van der Waals surface area contributed by atoms with Crippen LogP contribution >= 0.6 is 0 Å². The molecule has 2 aromatic rings. The highest BCUT2D eigenvalue weighted by atomic mass is 32.2. The average molecular weight is 426 g/mol. The number of anilines is 1. The van der Waals surface area contributed by atoms with Gasteiger partial charge in [-0.25, -0.2) is 13.8 Å². The number of amides is 2. The summed E-state index contributed by atoms with van der Waals surface area (Å²) in [4.78, 5) is 26.3. The molecule has 0 atom stereocenters. The van der Waals surface area contributed by atoms with Crippen molar-refractivity contribution in [1.82, 2.24) is 15.6 Å². The van der Waals surface area contributed by atoms with Gasteiger partial charge in [0, 0.05) is 37.5 Å². The molecule has 2 amide bonds. The second-order valence-corrected chi connectivity index (χ2v) is 7.68. The van der Waals surface area contributed by atoms with Crippen LogP contribution in [0.2, 0.25) is 0 Å². The van der Waals surface area contributed by atoms with E-state index in [0.29, 0.717) is 12.1 Å². The topological polar surface area (TPSA) is 117 Å². The largest absolute Gasteiger partial charge is 0.355 e. The highest BCUT2D eigenvalue weighted by molar-refractivity contribution is 7.92. The maximum atomic E-state index is 12.6. The summed E-state index contributed by atoms with van der Waals surface area (Å²) in [6, 6.07) is 8.19. The summed E-state index contributed by atoms with van der Waals surface area (Å²) in [6.45, 7) is 1.94. The number of rotatable bonds is 9. The zero-order valence-corrected chi connectivity index (χ0v) is 16.3. The van der Waals surface area contributed by atoms with Gasteiger partial charge in [-0.3, -0.25) is 14.3 Å². The zero-order valence-electron chi connectivity index (χ0n) is 15.5. The molecule has 156 valence electrons. The monoisotopic (exact) mass is 426 g/mol. The normalized spacial score (nSPS) is 11.2. The number of nitrogens with one attached hydrogen (secondary N) is 3. The Hall–Kier alpha value is -3.08. The van der Waals surface area contributed by atoms with E-state index in [1.807, 2.05) is 0 Å². The summed E-state index contributed by atoms with van der Waals surface area (Å²) in [5.41, 5.74) is 0.381. The predicted molar refractivity (Wildman–Crippen MR) is 102 cm³/mol. The molecule has 0 radical (unpaired) electrons. The highest BCUT2D eigenvalue weighted by Gasteiger charge is 2.17. The summed E-state index contributed by atoms with van der Waals surface area (Å²) in [6.07, 6.45) is -1.92. The number of hydrogen-bond acceptors (Lipinski definition) is 5. The van der Waals surface area contributed by atoms with Gasteiger partial charge in [-0.05, 0) is 29.8 Å². The van der Waals surface area contributed by atoms with Crippen molar-refractivity contribution in [2.45, 2.75) is 24.8 Å². The van der Waals surface area contributed by atoms with E-state index in [-0.39, 0.29) is 36.0 Å². The molecule has 11 heteroatoms. The van der Waals surface area contributed by atoms with E-state index >= 15 is 0 Å². The molecule has 8 nitrogen and oxygen atoms in total. The summed E-state index contributed by atoms with van der Waals surface area (Å²) in [7, 11) is -4.07. The molecule has 0 spiro atoms.